The van der Waals surface area contributed by atoms with Crippen molar-refractivity contribution < 1.29 is 13.6 Å². The Morgan fingerprint density at radius 2 is 2.00 bits per heavy atom. The smallest absolute Gasteiger partial charge is 0.265 e. The van der Waals surface area contributed by atoms with Gasteiger partial charge in [-0.3, -0.25) is 14.2 Å². The zero-order valence-electron chi connectivity index (χ0n) is 17.8. The molecule has 0 aromatic carbocycles. The van der Waals surface area contributed by atoms with Crippen molar-refractivity contribution in [3.05, 3.63) is 52.2 Å². The Morgan fingerprint density at radius 3 is 2.62 bits per heavy atom. The number of furan rings is 2. The Bertz CT molecular complexity index is 1030. The molecule has 3 aromatic rings. The van der Waals surface area contributed by atoms with E-state index in [-0.39, 0.29) is 28.5 Å². The van der Waals surface area contributed by atoms with Gasteiger partial charge in [-0.2, -0.15) is 0 Å². The second kappa shape index (κ2) is 8.68. The minimum absolute atomic E-state index is 0.206. The van der Waals surface area contributed by atoms with Gasteiger partial charge in [0.15, 0.2) is 0 Å². The molecule has 3 rings (SSSR count). The van der Waals surface area contributed by atoms with E-state index in [1.54, 1.807) is 28.7 Å². The third-order valence-corrected chi connectivity index (χ3v) is 4.82. The molecule has 0 aliphatic rings. The third kappa shape index (κ3) is 4.60. The van der Waals surface area contributed by atoms with Gasteiger partial charge in [0.1, 0.15) is 23.2 Å². The Hall–Kier alpha value is -2.83. The van der Waals surface area contributed by atoms with Crippen molar-refractivity contribution in [2.24, 2.45) is 11.8 Å². The van der Waals surface area contributed by atoms with Crippen molar-refractivity contribution in [3.63, 3.8) is 0 Å². The number of nitrogens with zero attached hydrogens (tertiary/aromatic N) is 3. The first-order valence-corrected chi connectivity index (χ1v) is 10.1. The van der Waals surface area contributed by atoms with Crippen molar-refractivity contribution in [1.29, 1.82) is 0 Å². The first-order valence-electron chi connectivity index (χ1n) is 10.1. The van der Waals surface area contributed by atoms with E-state index < -0.39 is 0 Å². The fraction of sp³-hybridized carbons (Fsp3) is 0.500. The summed E-state index contributed by atoms with van der Waals surface area (Å²) in [6.45, 7) is 11.4. The van der Waals surface area contributed by atoms with E-state index in [4.69, 9.17) is 8.83 Å². The Balaban J connectivity index is 2.04. The second-order valence-electron chi connectivity index (χ2n) is 8.30. The maximum Gasteiger partial charge on any atom is 0.265 e. The molecule has 0 radical (unpaired) electrons. The molecule has 7 nitrogen and oxygen atoms in total. The van der Waals surface area contributed by atoms with Crippen LogP contribution < -0.4 is 5.56 Å². The molecule has 0 bridgehead atoms. The zero-order valence-corrected chi connectivity index (χ0v) is 17.8. The SMILES string of the molecule is Cc1oc2ncn(CC(C)C)c(=O)c2c1C(=O)N(CCC(C)C)Cc1ccco1. The lowest BCUT2D eigenvalue weighted by Gasteiger charge is -2.22. The lowest BCUT2D eigenvalue weighted by Crippen LogP contribution is -2.33. The standard InChI is InChI=1S/C22H29N3O4/c1-14(2)8-9-24(12-17-7-6-10-28-17)21(26)18-16(5)29-20-19(18)22(27)25(13-23-20)11-15(3)4/h6-7,10,13-15H,8-9,11-12H2,1-5H3. The van der Waals surface area contributed by atoms with E-state index in [2.05, 4.69) is 18.8 Å². The van der Waals surface area contributed by atoms with Gasteiger partial charge in [-0.1, -0.05) is 27.7 Å². The largest absolute Gasteiger partial charge is 0.467 e. The van der Waals surface area contributed by atoms with Crippen LogP contribution in [0.1, 0.15) is 56.0 Å². The van der Waals surface area contributed by atoms with Gasteiger partial charge >= 0.3 is 0 Å². The number of carbonyl (C=O) groups excluding carboxylic acids is 1. The first kappa shape index (κ1) is 20.9. The van der Waals surface area contributed by atoms with E-state index in [1.807, 2.05) is 19.9 Å². The lowest BCUT2D eigenvalue weighted by molar-refractivity contribution is 0.0723. The summed E-state index contributed by atoms with van der Waals surface area (Å²) in [4.78, 5) is 32.6. The van der Waals surface area contributed by atoms with Crippen LogP contribution in [0.4, 0.5) is 0 Å². The van der Waals surface area contributed by atoms with E-state index in [0.717, 1.165) is 6.42 Å². The highest BCUT2D eigenvalue weighted by molar-refractivity contribution is 6.06. The van der Waals surface area contributed by atoms with Crippen LogP contribution in [0.5, 0.6) is 0 Å². The Morgan fingerprint density at radius 1 is 1.24 bits per heavy atom. The molecule has 0 spiro atoms. The Kier molecular flexibility index (Phi) is 6.25. The summed E-state index contributed by atoms with van der Waals surface area (Å²) < 4.78 is 12.7. The molecule has 0 aliphatic carbocycles. The quantitative estimate of drug-likeness (QED) is 0.566. The molecule has 29 heavy (non-hydrogen) atoms. The van der Waals surface area contributed by atoms with E-state index in [9.17, 15) is 9.59 Å². The molecule has 3 heterocycles. The highest BCUT2D eigenvalue weighted by Gasteiger charge is 2.27. The van der Waals surface area contributed by atoms with Crippen LogP contribution in [0, 0.1) is 18.8 Å². The molecule has 3 aromatic heterocycles. The van der Waals surface area contributed by atoms with Crippen LogP contribution in [-0.2, 0) is 13.1 Å². The molecule has 156 valence electrons. The highest BCUT2D eigenvalue weighted by Crippen LogP contribution is 2.24. The van der Waals surface area contributed by atoms with Crippen LogP contribution in [-0.4, -0.2) is 26.9 Å². The molecular formula is C22H29N3O4. The van der Waals surface area contributed by atoms with Crippen LogP contribution in [0.25, 0.3) is 11.1 Å². The summed E-state index contributed by atoms with van der Waals surface area (Å²) in [6, 6.07) is 3.64. The maximum atomic E-state index is 13.5. The van der Waals surface area contributed by atoms with Crippen molar-refractivity contribution in [1.82, 2.24) is 14.5 Å². The summed E-state index contributed by atoms with van der Waals surface area (Å²) in [7, 11) is 0. The molecule has 1 amide bonds. The van der Waals surface area contributed by atoms with Gasteiger partial charge in [-0.15, -0.1) is 0 Å². The number of hydrogen-bond donors (Lipinski definition) is 0. The molecular weight excluding hydrogens is 370 g/mol. The zero-order chi connectivity index (χ0) is 21.1. The number of carbonyl (C=O) groups is 1. The second-order valence-corrected chi connectivity index (χ2v) is 8.30. The molecule has 0 unspecified atom stereocenters. The summed E-state index contributed by atoms with van der Waals surface area (Å²) in [5.41, 5.74) is 0.259. The van der Waals surface area contributed by atoms with Gasteiger partial charge in [0.2, 0.25) is 5.71 Å². The summed E-state index contributed by atoms with van der Waals surface area (Å²) in [5, 5.41) is 0.254. The molecule has 0 atom stereocenters. The average molecular weight is 399 g/mol. The topological polar surface area (TPSA) is 81.5 Å². The third-order valence-electron chi connectivity index (χ3n) is 4.82. The number of rotatable bonds is 8. The van der Waals surface area contributed by atoms with Gasteiger partial charge < -0.3 is 13.7 Å². The monoisotopic (exact) mass is 399 g/mol. The lowest BCUT2D eigenvalue weighted by atomic mass is 10.1. The summed E-state index contributed by atoms with van der Waals surface area (Å²) in [5.74, 6) is 1.59. The number of hydrogen-bond acceptors (Lipinski definition) is 5. The first-order chi connectivity index (χ1) is 13.8. The number of fused-ring (bicyclic) bond motifs is 1. The molecule has 0 saturated carbocycles. The molecule has 7 heteroatoms. The van der Waals surface area contributed by atoms with E-state index in [1.165, 1.54) is 6.33 Å². The van der Waals surface area contributed by atoms with E-state index >= 15 is 0 Å². The minimum atomic E-state index is -0.245. The molecule has 0 saturated heterocycles. The fourth-order valence-electron chi connectivity index (χ4n) is 3.33. The van der Waals surface area contributed by atoms with Crippen LogP contribution in [0.3, 0.4) is 0 Å². The van der Waals surface area contributed by atoms with Crippen LogP contribution in [0.2, 0.25) is 0 Å². The van der Waals surface area contributed by atoms with Crippen molar-refractivity contribution in [2.75, 3.05) is 6.54 Å². The fourth-order valence-corrected chi connectivity index (χ4v) is 3.33. The predicted octanol–water partition coefficient (Wildman–Crippen LogP) is 4.24. The van der Waals surface area contributed by atoms with Gasteiger partial charge in [-0.25, -0.2) is 4.98 Å². The Labute approximate surface area is 170 Å². The van der Waals surface area contributed by atoms with Gasteiger partial charge in [0, 0.05) is 13.1 Å². The van der Waals surface area contributed by atoms with Gasteiger partial charge in [0.05, 0.1) is 18.4 Å². The van der Waals surface area contributed by atoms with Gasteiger partial charge in [0.25, 0.3) is 11.5 Å². The summed E-state index contributed by atoms with van der Waals surface area (Å²) in [6.07, 6.45) is 3.92. The predicted molar refractivity (Wildman–Crippen MR) is 111 cm³/mol. The number of amides is 1. The molecule has 0 N–H and O–H groups in total. The van der Waals surface area contributed by atoms with E-state index in [0.29, 0.717) is 42.6 Å². The molecule has 0 aliphatic heterocycles. The van der Waals surface area contributed by atoms with Crippen LogP contribution in [0.15, 0.2) is 38.4 Å². The highest BCUT2D eigenvalue weighted by atomic mass is 16.3. The van der Waals surface area contributed by atoms with Crippen molar-refractivity contribution >= 4 is 17.0 Å². The average Bonchev–Trinajstić information content (AvgIpc) is 3.27. The summed E-state index contributed by atoms with van der Waals surface area (Å²) >= 11 is 0. The minimum Gasteiger partial charge on any atom is -0.467 e. The maximum absolute atomic E-state index is 13.5. The van der Waals surface area contributed by atoms with Crippen molar-refractivity contribution in [2.45, 2.75) is 54.1 Å². The van der Waals surface area contributed by atoms with Gasteiger partial charge in [-0.05, 0) is 37.3 Å². The van der Waals surface area contributed by atoms with Crippen LogP contribution >= 0.6 is 0 Å². The van der Waals surface area contributed by atoms with Crippen molar-refractivity contribution in [3.8, 4) is 0 Å². The number of aromatic nitrogens is 2. The number of aryl methyl sites for hydroxylation is 1. The molecule has 0 fully saturated rings. The normalized spacial score (nSPS) is 11.7.